The van der Waals surface area contributed by atoms with Crippen molar-refractivity contribution in [1.82, 2.24) is 9.97 Å². The second kappa shape index (κ2) is 5.36. The van der Waals surface area contributed by atoms with Crippen LogP contribution in [0.25, 0.3) is 0 Å². The van der Waals surface area contributed by atoms with Gasteiger partial charge in [0.05, 0.1) is 27.6 Å². The van der Waals surface area contributed by atoms with Gasteiger partial charge >= 0.3 is 5.97 Å². The molecule has 5 nitrogen and oxygen atoms in total. The predicted molar refractivity (Wildman–Crippen MR) is 72.7 cm³/mol. The van der Waals surface area contributed by atoms with Crippen LogP contribution >= 0.6 is 15.9 Å². The second-order valence-corrected chi connectivity index (χ2v) is 4.79. The van der Waals surface area contributed by atoms with Gasteiger partial charge < -0.3 is 9.84 Å². The van der Waals surface area contributed by atoms with E-state index in [-0.39, 0.29) is 5.56 Å². The lowest BCUT2D eigenvalue weighted by atomic mass is 10.2. The summed E-state index contributed by atoms with van der Waals surface area (Å²) in [6.45, 7) is 3.69. The molecule has 1 N–H and O–H groups in total. The Kier molecular flexibility index (Phi) is 3.80. The summed E-state index contributed by atoms with van der Waals surface area (Å²) in [5.41, 5.74) is 1.74. The summed E-state index contributed by atoms with van der Waals surface area (Å²) in [6, 6.07) is 4.54. The van der Waals surface area contributed by atoms with Crippen molar-refractivity contribution in [2.75, 3.05) is 0 Å². The number of nitrogens with zero attached hydrogens (tertiary/aromatic N) is 2. The molecule has 6 heteroatoms. The predicted octanol–water partition coefficient (Wildman–Crippen LogP) is 3.35. The first-order valence-corrected chi connectivity index (χ1v) is 6.27. The Hall–Kier alpha value is -1.95. The molecule has 1 heterocycles. The molecular weight excluding hydrogens is 312 g/mol. The summed E-state index contributed by atoms with van der Waals surface area (Å²) >= 11 is 3.30. The van der Waals surface area contributed by atoms with Crippen LogP contribution in [0.3, 0.4) is 0 Å². The minimum Gasteiger partial charge on any atom is -0.478 e. The highest BCUT2D eigenvalue weighted by Gasteiger charge is 2.10. The topological polar surface area (TPSA) is 72.3 Å². The zero-order valence-electron chi connectivity index (χ0n) is 10.3. The van der Waals surface area contributed by atoms with Crippen LogP contribution in [-0.2, 0) is 0 Å². The third kappa shape index (κ3) is 3.08. The Morgan fingerprint density at radius 3 is 2.68 bits per heavy atom. The van der Waals surface area contributed by atoms with Crippen LogP contribution in [0.2, 0.25) is 0 Å². The first kappa shape index (κ1) is 13.5. The molecule has 0 saturated carbocycles. The van der Waals surface area contributed by atoms with Crippen LogP contribution in [0.5, 0.6) is 11.6 Å². The van der Waals surface area contributed by atoms with Crippen LogP contribution in [0.4, 0.5) is 0 Å². The minimum absolute atomic E-state index is 0.148. The van der Waals surface area contributed by atoms with Gasteiger partial charge in [-0.2, -0.15) is 0 Å². The third-order valence-corrected chi connectivity index (χ3v) is 3.22. The van der Waals surface area contributed by atoms with Crippen molar-refractivity contribution in [2.24, 2.45) is 0 Å². The lowest BCUT2D eigenvalue weighted by Crippen LogP contribution is -1.99. The number of hydrogen-bond acceptors (Lipinski definition) is 4. The molecule has 1 aromatic heterocycles. The Balaban J connectivity index is 2.34. The van der Waals surface area contributed by atoms with Crippen LogP contribution in [0, 0.1) is 13.8 Å². The smallest absolute Gasteiger partial charge is 0.335 e. The number of aromatic nitrogens is 2. The SMILES string of the molecule is Cc1ncc(Oc2cc(C(=O)O)ccc2Br)nc1C. The summed E-state index contributed by atoms with van der Waals surface area (Å²) < 4.78 is 6.20. The summed E-state index contributed by atoms with van der Waals surface area (Å²) in [5, 5.41) is 8.95. The van der Waals surface area contributed by atoms with E-state index >= 15 is 0 Å². The third-order valence-electron chi connectivity index (χ3n) is 2.56. The largest absolute Gasteiger partial charge is 0.478 e. The lowest BCUT2D eigenvalue weighted by molar-refractivity contribution is 0.0696. The Labute approximate surface area is 118 Å². The fourth-order valence-electron chi connectivity index (χ4n) is 1.40. The molecule has 0 bridgehead atoms. The minimum atomic E-state index is -1.01. The molecule has 2 rings (SSSR count). The van der Waals surface area contributed by atoms with Gasteiger partial charge in [0.15, 0.2) is 0 Å². The van der Waals surface area contributed by atoms with Gasteiger partial charge in [-0.3, -0.25) is 4.98 Å². The molecular formula is C13H11BrN2O3. The molecule has 0 aliphatic carbocycles. The average Bonchev–Trinajstić information content (AvgIpc) is 2.36. The van der Waals surface area contributed by atoms with Crippen LogP contribution in [-0.4, -0.2) is 21.0 Å². The van der Waals surface area contributed by atoms with Crippen molar-refractivity contribution < 1.29 is 14.6 Å². The summed E-state index contributed by atoms with van der Waals surface area (Å²) in [6.07, 6.45) is 1.50. The van der Waals surface area contributed by atoms with E-state index in [9.17, 15) is 4.79 Å². The van der Waals surface area contributed by atoms with E-state index in [1.165, 1.54) is 18.3 Å². The van der Waals surface area contributed by atoms with Gasteiger partial charge in [-0.25, -0.2) is 9.78 Å². The Bertz CT molecular complexity index is 644. The van der Waals surface area contributed by atoms with E-state index in [1.807, 2.05) is 13.8 Å². The number of carbonyl (C=O) groups is 1. The summed E-state index contributed by atoms with van der Waals surface area (Å²) in [7, 11) is 0. The molecule has 2 aromatic rings. The highest BCUT2D eigenvalue weighted by atomic mass is 79.9. The van der Waals surface area contributed by atoms with Gasteiger partial charge in [0, 0.05) is 0 Å². The van der Waals surface area contributed by atoms with Gasteiger partial charge in [-0.1, -0.05) is 0 Å². The molecule has 0 amide bonds. The zero-order chi connectivity index (χ0) is 14.0. The zero-order valence-corrected chi connectivity index (χ0v) is 11.9. The van der Waals surface area contributed by atoms with Crippen LogP contribution in [0.15, 0.2) is 28.9 Å². The van der Waals surface area contributed by atoms with E-state index in [0.29, 0.717) is 16.1 Å². The first-order chi connectivity index (χ1) is 8.97. The number of halogens is 1. The normalized spacial score (nSPS) is 10.3. The van der Waals surface area contributed by atoms with Gasteiger partial charge in [0.1, 0.15) is 5.75 Å². The molecule has 0 radical (unpaired) electrons. The number of aromatic carboxylic acids is 1. The maximum absolute atomic E-state index is 10.9. The molecule has 0 saturated heterocycles. The molecule has 0 aliphatic heterocycles. The maximum Gasteiger partial charge on any atom is 0.335 e. The number of hydrogen-bond donors (Lipinski definition) is 1. The van der Waals surface area contributed by atoms with Crippen molar-refractivity contribution in [3.05, 3.63) is 45.8 Å². The summed E-state index contributed by atoms with van der Waals surface area (Å²) in [4.78, 5) is 19.3. The number of benzene rings is 1. The van der Waals surface area contributed by atoms with Crippen LogP contribution < -0.4 is 4.74 Å². The average molecular weight is 323 g/mol. The molecule has 0 spiro atoms. The fraction of sp³-hybridized carbons (Fsp3) is 0.154. The monoisotopic (exact) mass is 322 g/mol. The van der Waals surface area contributed by atoms with Crippen molar-refractivity contribution in [2.45, 2.75) is 13.8 Å². The fourth-order valence-corrected chi connectivity index (χ4v) is 1.72. The lowest BCUT2D eigenvalue weighted by Gasteiger charge is -2.08. The van der Waals surface area contributed by atoms with Crippen molar-refractivity contribution >= 4 is 21.9 Å². The number of aryl methyl sites for hydroxylation is 2. The first-order valence-electron chi connectivity index (χ1n) is 5.48. The second-order valence-electron chi connectivity index (χ2n) is 3.93. The standard InChI is InChI=1S/C13H11BrN2O3/c1-7-8(2)16-12(6-15-7)19-11-5-9(13(17)18)3-4-10(11)14/h3-6H,1-2H3,(H,17,18). The van der Waals surface area contributed by atoms with Crippen molar-refractivity contribution in [3.8, 4) is 11.6 Å². The van der Waals surface area contributed by atoms with E-state index in [1.54, 1.807) is 6.07 Å². The van der Waals surface area contributed by atoms with Gasteiger partial charge in [-0.15, -0.1) is 0 Å². The Morgan fingerprint density at radius 2 is 2.05 bits per heavy atom. The Morgan fingerprint density at radius 1 is 1.32 bits per heavy atom. The number of rotatable bonds is 3. The van der Waals surface area contributed by atoms with Crippen LogP contribution in [0.1, 0.15) is 21.7 Å². The van der Waals surface area contributed by atoms with Gasteiger partial charge in [0.2, 0.25) is 5.88 Å². The molecule has 98 valence electrons. The molecule has 1 aromatic carbocycles. The molecule has 0 unspecified atom stereocenters. The van der Waals surface area contributed by atoms with Crippen molar-refractivity contribution in [3.63, 3.8) is 0 Å². The van der Waals surface area contributed by atoms with Crippen molar-refractivity contribution in [1.29, 1.82) is 0 Å². The molecule has 0 aliphatic rings. The maximum atomic E-state index is 10.9. The highest BCUT2D eigenvalue weighted by Crippen LogP contribution is 2.29. The number of carboxylic acid groups (broad SMARTS) is 1. The van der Waals surface area contributed by atoms with E-state index in [2.05, 4.69) is 25.9 Å². The van der Waals surface area contributed by atoms with Gasteiger partial charge in [-0.05, 0) is 48.0 Å². The summed E-state index contributed by atoms with van der Waals surface area (Å²) in [5.74, 6) is -0.299. The van der Waals surface area contributed by atoms with E-state index < -0.39 is 5.97 Å². The quantitative estimate of drug-likeness (QED) is 0.938. The van der Waals surface area contributed by atoms with E-state index in [4.69, 9.17) is 9.84 Å². The highest BCUT2D eigenvalue weighted by molar-refractivity contribution is 9.10. The van der Waals surface area contributed by atoms with E-state index in [0.717, 1.165) is 11.4 Å². The van der Waals surface area contributed by atoms with Gasteiger partial charge in [0.25, 0.3) is 0 Å². The molecule has 0 atom stereocenters. The molecule has 0 fully saturated rings. The number of ether oxygens (including phenoxy) is 1. The number of carboxylic acids is 1. The molecule has 19 heavy (non-hydrogen) atoms.